The fraction of sp³-hybridized carbons (Fsp3) is 0.462. The van der Waals surface area contributed by atoms with E-state index < -0.39 is 11.9 Å². The van der Waals surface area contributed by atoms with Gasteiger partial charge in [-0.05, 0) is 13.0 Å². The zero-order valence-electron chi connectivity index (χ0n) is 11.9. The Morgan fingerprint density at radius 3 is 2.95 bits per heavy atom. The summed E-state index contributed by atoms with van der Waals surface area (Å²) in [6.45, 7) is 3.63. The van der Waals surface area contributed by atoms with Gasteiger partial charge in [0, 0.05) is 13.6 Å². The van der Waals surface area contributed by atoms with Gasteiger partial charge < -0.3 is 15.3 Å². The molecule has 3 rings (SSSR count). The summed E-state index contributed by atoms with van der Waals surface area (Å²) in [5.74, 6) is 0.190. The highest BCUT2D eigenvalue weighted by Gasteiger charge is 2.22. The third-order valence-corrected chi connectivity index (χ3v) is 3.50. The van der Waals surface area contributed by atoms with E-state index in [9.17, 15) is 9.50 Å². The minimum absolute atomic E-state index is 0.184. The van der Waals surface area contributed by atoms with Crippen molar-refractivity contribution in [3.8, 4) is 0 Å². The topological polar surface area (TPSA) is 79.1 Å². The summed E-state index contributed by atoms with van der Waals surface area (Å²) in [6, 6.07) is 1.87. The number of aliphatic hydroxyl groups is 1. The molecule has 21 heavy (non-hydrogen) atoms. The van der Waals surface area contributed by atoms with Gasteiger partial charge in [0.1, 0.15) is 0 Å². The van der Waals surface area contributed by atoms with Crippen LogP contribution in [0.4, 0.5) is 16.2 Å². The van der Waals surface area contributed by atoms with Crippen LogP contribution in [0, 0.1) is 5.82 Å². The van der Waals surface area contributed by atoms with E-state index in [0.717, 1.165) is 5.69 Å². The van der Waals surface area contributed by atoms with Crippen molar-refractivity contribution in [3.05, 3.63) is 29.5 Å². The molecular weight excluding hydrogens is 275 g/mol. The first-order valence-corrected chi connectivity index (χ1v) is 6.78. The van der Waals surface area contributed by atoms with Crippen LogP contribution in [0.2, 0.25) is 0 Å². The molecule has 0 unspecified atom stereocenters. The number of hydrogen-bond acceptors (Lipinski definition) is 6. The van der Waals surface area contributed by atoms with Gasteiger partial charge in [0.2, 0.25) is 5.95 Å². The first kappa shape index (κ1) is 13.7. The lowest BCUT2D eigenvalue weighted by molar-refractivity contribution is 0.193. The second-order valence-electron chi connectivity index (χ2n) is 5.00. The Labute approximate surface area is 121 Å². The van der Waals surface area contributed by atoms with Gasteiger partial charge in [-0.2, -0.15) is 10.1 Å². The van der Waals surface area contributed by atoms with Gasteiger partial charge in [-0.25, -0.2) is 9.37 Å². The Balaban J connectivity index is 1.85. The molecule has 0 radical (unpaired) electrons. The average Bonchev–Trinajstić information content (AvgIpc) is 2.91. The minimum atomic E-state index is -0.588. The van der Waals surface area contributed by atoms with Crippen LogP contribution in [0.3, 0.4) is 0 Å². The molecule has 2 N–H and O–H groups in total. The summed E-state index contributed by atoms with van der Waals surface area (Å²) in [7, 11) is 1.62. The quantitative estimate of drug-likeness (QED) is 0.876. The molecule has 0 aliphatic carbocycles. The molecule has 1 aliphatic rings. The first-order chi connectivity index (χ1) is 10.1. The van der Waals surface area contributed by atoms with Gasteiger partial charge in [-0.15, -0.1) is 0 Å². The van der Waals surface area contributed by atoms with E-state index in [1.54, 1.807) is 14.0 Å². The molecule has 0 amide bonds. The maximum absolute atomic E-state index is 13.4. The summed E-state index contributed by atoms with van der Waals surface area (Å²) in [6.07, 6.45) is 0.580. The maximum atomic E-state index is 13.4. The van der Waals surface area contributed by atoms with Crippen LogP contribution < -0.4 is 10.2 Å². The number of nitrogens with zero attached hydrogens (tertiary/aromatic N) is 5. The maximum Gasteiger partial charge on any atom is 0.227 e. The molecule has 0 aromatic carbocycles. The standard InChI is InChI=1S/C13H17FN6O/c1-8(21)11-5-9-7-19(3-4-20(9)18-11)13-16-6-10(14)12(15-2)17-13/h5-6,8,21H,3-4,7H2,1-2H3,(H,15,16,17)/t8-/m0/s1. The van der Waals surface area contributed by atoms with Crippen molar-refractivity contribution in [2.45, 2.75) is 26.1 Å². The number of aliphatic hydroxyl groups excluding tert-OH is 1. The predicted octanol–water partition coefficient (Wildman–Crippen LogP) is 0.927. The van der Waals surface area contributed by atoms with E-state index in [1.807, 2.05) is 15.6 Å². The van der Waals surface area contributed by atoms with Crippen LogP contribution in [-0.2, 0) is 13.1 Å². The highest BCUT2D eigenvalue weighted by molar-refractivity contribution is 5.42. The summed E-state index contributed by atoms with van der Waals surface area (Å²) in [5.41, 5.74) is 1.64. The number of aromatic nitrogens is 4. The first-order valence-electron chi connectivity index (χ1n) is 6.78. The molecule has 0 spiro atoms. The lowest BCUT2D eigenvalue weighted by Crippen LogP contribution is -2.35. The third-order valence-electron chi connectivity index (χ3n) is 3.50. The van der Waals surface area contributed by atoms with Gasteiger partial charge in [-0.3, -0.25) is 4.68 Å². The fourth-order valence-electron chi connectivity index (χ4n) is 2.35. The van der Waals surface area contributed by atoms with Crippen molar-refractivity contribution in [1.82, 2.24) is 19.7 Å². The van der Waals surface area contributed by atoms with Crippen LogP contribution in [0.5, 0.6) is 0 Å². The number of nitrogens with one attached hydrogen (secondary N) is 1. The second-order valence-corrected chi connectivity index (χ2v) is 5.00. The number of fused-ring (bicyclic) bond motifs is 1. The third kappa shape index (κ3) is 2.54. The Kier molecular flexibility index (Phi) is 3.46. The van der Waals surface area contributed by atoms with Gasteiger partial charge in [0.15, 0.2) is 11.6 Å². The summed E-state index contributed by atoms with van der Waals surface area (Å²) in [4.78, 5) is 10.2. The van der Waals surface area contributed by atoms with Crippen LogP contribution in [0.1, 0.15) is 24.4 Å². The smallest absolute Gasteiger partial charge is 0.227 e. The number of hydrogen-bond donors (Lipinski definition) is 2. The molecule has 1 aliphatic heterocycles. The normalized spacial score (nSPS) is 15.7. The monoisotopic (exact) mass is 292 g/mol. The lowest BCUT2D eigenvalue weighted by Gasteiger charge is -2.27. The van der Waals surface area contributed by atoms with Crippen molar-refractivity contribution in [2.24, 2.45) is 0 Å². The summed E-state index contributed by atoms with van der Waals surface area (Å²) < 4.78 is 15.3. The van der Waals surface area contributed by atoms with Crippen LogP contribution in [-0.4, -0.2) is 38.4 Å². The van der Waals surface area contributed by atoms with Gasteiger partial charge >= 0.3 is 0 Å². The number of rotatable bonds is 3. The van der Waals surface area contributed by atoms with E-state index in [0.29, 0.717) is 31.3 Å². The van der Waals surface area contributed by atoms with E-state index in [1.165, 1.54) is 6.20 Å². The predicted molar refractivity (Wildman–Crippen MR) is 75.4 cm³/mol. The van der Waals surface area contributed by atoms with Crippen molar-refractivity contribution in [2.75, 3.05) is 23.8 Å². The van der Waals surface area contributed by atoms with E-state index in [4.69, 9.17) is 0 Å². The van der Waals surface area contributed by atoms with E-state index in [-0.39, 0.29) is 5.82 Å². The highest BCUT2D eigenvalue weighted by atomic mass is 19.1. The molecule has 0 saturated carbocycles. The number of anilines is 2. The summed E-state index contributed by atoms with van der Waals surface area (Å²) in [5, 5.41) is 16.7. The Bertz CT molecular complexity index is 656. The van der Waals surface area contributed by atoms with Crippen molar-refractivity contribution in [1.29, 1.82) is 0 Å². The molecule has 2 aromatic heterocycles. The van der Waals surface area contributed by atoms with E-state index in [2.05, 4.69) is 20.4 Å². The molecule has 0 fully saturated rings. The van der Waals surface area contributed by atoms with Crippen LogP contribution in [0.15, 0.2) is 12.3 Å². The minimum Gasteiger partial charge on any atom is -0.387 e. The van der Waals surface area contributed by atoms with Gasteiger partial charge in [0.05, 0.1) is 36.8 Å². The molecule has 112 valence electrons. The molecule has 0 saturated heterocycles. The molecule has 0 bridgehead atoms. The Hall–Kier alpha value is -2.22. The number of halogens is 1. The van der Waals surface area contributed by atoms with Gasteiger partial charge in [0.25, 0.3) is 0 Å². The SMILES string of the molecule is CNc1nc(N2CCn3nc([C@H](C)O)cc3C2)ncc1F. The zero-order valence-corrected chi connectivity index (χ0v) is 11.9. The molecular formula is C13H17FN6O. The average molecular weight is 292 g/mol. The Morgan fingerprint density at radius 1 is 1.43 bits per heavy atom. The highest BCUT2D eigenvalue weighted by Crippen LogP contribution is 2.22. The molecule has 8 heteroatoms. The van der Waals surface area contributed by atoms with E-state index >= 15 is 0 Å². The lowest BCUT2D eigenvalue weighted by atomic mass is 10.2. The molecule has 2 aromatic rings. The second kappa shape index (κ2) is 5.28. The fourth-order valence-corrected chi connectivity index (χ4v) is 2.35. The summed E-state index contributed by atoms with van der Waals surface area (Å²) >= 11 is 0. The van der Waals surface area contributed by atoms with Crippen molar-refractivity contribution >= 4 is 11.8 Å². The molecule has 3 heterocycles. The zero-order chi connectivity index (χ0) is 15.0. The van der Waals surface area contributed by atoms with Gasteiger partial charge in [-0.1, -0.05) is 0 Å². The van der Waals surface area contributed by atoms with Crippen molar-refractivity contribution in [3.63, 3.8) is 0 Å². The van der Waals surface area contributed by atoms with Crippen LogP contribution >= 0.6 is 0 Å². The Morgan fingerprint density at radius 2 is 2.24 bits per heavy atom. The van der Waals surface area contributed by atoms with Crippen molar-refractivity contribution < 1.29 is 9.50 Å². The largest absolute Gasteiger partial charge is 0.387 e. The molecule has 1 atom stereocenters. The van der Waals surface area contributed by atoms with Crippen LogP contribution in [0.25, 0.3) is 0 Å². The molecule has 7 nitrogen and oxygen atoms in total.